The Kier molecular flexibility index (Phi) is 14.5. The molecular formula is C30H38O12S. The van der Waals surface area contributed by atoms with Gasteiger partial charge in [0.05, 0.1) is 23.5 Å². The Morgan fingerprint density at radius 3 is 1.42 bits per heavy atom. The van der Waals surface area contributed by atoms with E-state index in [4.69, 9.17) is 23.7 Å². The van der Waals surface area contributed by atoms with E-state index in [-0.39, 0.29) is 21.6 Å². The van der Waals surface area contributed by atoms with Gasteiger partial charge in [-0.2, -0.15) is 0 Å². The van der Waals surface area contributed by atoms with Gasteiger partial charge in [-0.3, -0.25) is 9.59 Å². The zero-order valence-electron chi connectivity index (χ0n) is 24.9. The summed E-state index contributed by atoms with van der Waals surface area (Å²) in [6.07, 6.45) is -0.862. The third-order valence-electron chi connectivity index (χ3n) is 5.64. The van der Waals surface area contributed by atoms with E-state index in [0.717, 1.165) is 5.56 Å². The second-order valence-electron chi connectivity index (χ2n) is 10.1. The molecule has 12 nitrogen and oxygen atoms in total. The summed E-state index contributed by atoms with van der Waals surface area (Å²) < 4.78 is 50.7. The second kappa shape index (κ2) is 17.0. The van der Waals surface area contributed by atoms with E-state index in [1.54, 1.807) is 12.1 Å². The van der Waals surface area contributed by atoms with Crippen LogP contribution in [0.25, 0.3) is 0 Å². The lowest BCUT2D eigenvalue weighted by molar-refractivity contribution is -0.168. The molecule has 1 rings (SSSR count). The molecule has 43 heavy (non-hydrogen) atoms. The largest absolute Gasteiger partial charge is 0.465 e. The van der Waals surface area contributed by atoms with Crippen LogP contribution in [-0.2, 0) is 57.5 Å². The Hall–Kier alpha value is -4.26. The lowest BCUT2D eigenvalue weighted by Gasteiger charge is -2.31. The molecule has 0 aromatic heterocycles. The highest BCUT2D eigenvalue weighted by Crippen LogP contribution is 2.23. The van der Waals surface area contributed by atoms with Crippen molar-refractivity contribution in [3.63, 3.8) is 0 Å². The number of esters is 5. The minimum Gasteiger partial charge on any atom is -0.465 e. The Bertz CT molecular complexity index is 1270. The van der Waals surface area contributed by atoms with Gasteiger partial charge in [0.15, 0.2) is 9.84 Å². The van der Waals surface area contributed by atoms with Gasteiger partial charge in [-0.1, -0.05) is 37.4 Å². The smallest absolute Gasteiger partial charge is 0.333 e. The Morgan fingerprint density at radius 2 is 1.02 bits per heavy atom. The highest BCUT2D eigenvalue weighted by Gasteiger charge is 2.38. The monoisotopic (exact) mass is 622 g/mol. The van der Waals surface area contributed by atoms with E-state index in [0.29, 0.717) is 0 Å². The molecule has 0 N–H and O–H groups in total. The van der Waals surface area contributed by atoms with Gasteiger partial charge in [-0.25, -0.2) is 22.8 Å². The number of hydrogen-bond acceptors (Lipinski definition) is 12. The van der Waals surface area contributed by atoms with Crippen LogP contribution in [0, 0.1) is 12.3 Å². The fraction of sp³-hybridized carbons (Fsp3) is 0.433. The predicted octanol–water partition coefficient (Wildman–Crippen LogP) is 2.98. The molecule has 0 aliphatic heterocycles. The lowest BCUT2D eigenvalue weighted by Crippen LogP contribution is -2.44. The zero-order chi connectivity index (χ0) is 32.8. The van der Waals surface area contributed by atoms with E-state index in [2.05, 4.69) is 19.7 Å². The molecule has 0 aliphatic rings. The molecule has 236 valence electrons. The quantitative estimate of drug-likeness (QED) is 0.134. The standard InChI is InChI=1S/C30H38O12S/c1-20(2)27(33)40-17-30(18-41-28(34)21(3)4,19-42-29(35)22(5)6)16-39-26(32)13-12-25(31)38-14-15-43(36,37)24-10-8-23(7)9-11-24/h8-11H,1,3,5,12-19H2,2,4,6-7H3. The van der Waals surface area contributed by atoms with E-state index in [1.807, 2.05) is 6.92 Å². The summed E-state index contributed by atoms with van der Waals surface area (Å²) >= 11 is 0. The number of aryl methyl sites for hydroxylation is 1. The summed E-state index contributed by atoms with van der Waals surface area (Å²) in [4.78, 5) is 60.9. The average Bonchev–Trinajstić information content (AvgIpc) is 2.94. The molecule has 0 saturated heterocycles. The first kappa shape index (κ1) is 36.8. The molecule has 0 fully saturated rings. The van der Waals surface area contributed by atoms with Crippen LogP contribution in [0.1, 0.15) is 39.2 Å². The lowest BCUT2D eigenvalue weighted by atomic mass is 9.92. The van der Waals surface area contributed by atoms with Crippen LogP contribution in [0.15, 0.2) is 65.6 Å². The number of hydrogen-bond donors (Lipinski definition) is 0. The molecule has 0 bridgehead atoms. The molecule has 0 heterocycles. The number of benzene rings is 1. The van der Waals surface area contributed by atoms with Crippen LogP contribution in [0.5, 0.6) is 0 Å². The van der Waals surface area contributed by atoms with Crippen molar-refractivity contribution >= 4 is 39.7 Å². The minimum atomic E-state index is -3.67. The van der Waals surface area contributed by atoms with Gasteiger partial charge in [-0.15, -0.1) is 0 Å². The van der Waals surface area contributed by atoms with Crippen molar-refractivity contribution in [3.05, 3.63) is 66.3 Å². The second-order valence-corrected chi connectivity index (χ2v) is 12.2. The molecule has 0 spiro atoms. The van der Waals surface area contributed by atoms with Crippen molar-refractivity contribution in [2.75, 3.05) is 38.8 Å². The number of carbonyl (C=O) groups excluding carboxylic acids is 5. The van der Waals surface area contributed by atoms with E-state index < -0.39 is 96.7 Å². The van der Waals surface area contributed by atoms with Crippen LogP contribution in [0.3, 0.4) is 0 Å². The van der Waals surface area contributed by atoms with Crippen LogP contribution in [0.2, 0.25) is 0 Å². The number of sulfone groups is 1. The molecule has 13 heteroatoms. The minimum absolute atomic E-state index is 0.0638. The van der Waals surface area contributed by atoms with E-state index in [9.17, 15) is 32.4 Å². The maximum absolute atomic E-state index is 12.5. The summed E-state index contributed by atoms with van der Waals surface area (Å²) in [5.74, 6) is -4.52. The molecule has 0 radical (unpaired) electrons. The van der Waals surface area contributed by atoms with Crippen LogP contribution >= 0.6 is 0 Å². The number of carbonyl (C=O) groups is 5. The van der Waals surface area contributed by atoms with Gasteiger partial charge < -0.3 is 23.7 Å². The molecule has 1 aromatic carbocycles. The Balaban J connectivity index is 2.84. The normalized spacial score (nSPS) is 11.1. The maximum atomic E-state index is 12.5. The van der Waals surface area contributed by atoms with E-state index in [1.165, 1.54) is 32.9 Å². The van der Waals surface area contributed by atoms with Gasteiger partial charge in [0.25, 0.3) is 0 Å². The molecule has 1 aromatic rings. The number of ether oxygens (including phenoxy) is 5. The molecule has 0 atom stereocenters. The highest BCUT2D eigenvalue weighted by atomic mass is 32.2. The van der Waals surface area contributed by atoms with Crippen LogP contribution in [-0.4, -0.2) is 77.1 Å². The molecule has 0 amide bonds. The van der Waals surface area contributed by atoms with E-state index >= 15 is 0 Å². The van der Waals surface area contributed by atoms with Gasteiger partial charge in [0, 0.05) is 16.7 Å². The number of rotatable bonds is 18. The van der Waals surface area contributed by atoms with Gasteiger partial charge in [0.1, 0.15) is 38.4 Å². The zero-order valence-corrected chi connectivity index (χ0v) is 25.7. The first-order valence-corrected chi connectivity index (χ1v) is 14.7. The van der Waals surface area contributed by atoms with Crippen molar-refractivity contribution in [2.24, 2.45) is 5.41 Å². The fourth-order valence-electron chi connectivity index (χ4n) is 2.99. The van der Waals surface area contributed by atoms with Gasteiger partial charge in [-0.05, 0) is 39.8 Å². The SMILES string of the molecule is C=C(C)C(=O)OCC(COC(=O)CCC(=O)OCCS(=O)(=O)c1ccc(C)cc1)(COC(=O)C(=C)C)COC(=O)C(=C)C. The highest BCUT2D eigenvalue weighted by molar-refractivity contribution is 7.91. The fourth-order valence-corrected chi connectivity index (χ4v) is 4.08. The summed E-state index contributed by atoms with van der Waals surface area (Å²) in [5, 5.41) is 0. The maximum Gasteiger partial charge on any atom is 0.333 e. The average molecular weight is 623 g/mol. The van der Waals surface area contributed by atoms with Gasteiger partial charge >= 0.3 is 29.8 Å². The van der Waals surface area contributed by atoms with Crippen LogP contribution < -0.4 is 0 Å². The third-order valence-corrected chi connectivity index (χ3v) is 7.34. The summed E-state index contributed by atoms with van der Waals surface area (Å²) in [6.45, 7) is 14.0. The molecule has 0 saturated carbocycles. The molecular weight excluding hydrogens is 584 g/mol. The summed E-state index contributed by atoms with van der Waals surface area (Å²) in [6, 6.07) is 6.22. The topological polar surface area (TPSA) is 166 Å². The first-order chi connectivity index (χ1) is 20.0. The molecule has 0 aliphatic carbocycles. The summed E-state index contributed by atoms with van der Waals surface area (Å²) in [7, 11) is -3.67. The molecule has 0 unspecified atom stereocenters. The van der Waals surface area contributed by atoms with Crippen molar-refractivity contribution < 1.29 is 56.1 Å². The predicted molar refractivity (Wildman–Crippen MR) is 154 cm³/mol. The Morgan fingerprint density at radius 1 is 0.651 bits per heavy atom. The summed E-state index contributed by atoms with van der Waals surface area (Å²) in [5.41, 5.74) is -0.457. The third kappa shape index (κ3) is 13.5. The van der Waals surface area contributed by atoms with Crippen molar-refractivity contribution in [1.29, 1.82) is 0 Å². The van der Waals surface area contributed by atoms with Crippen molar-refractivity contribution in [3.8, 4) is 0 Å². The Labute approximate surface area is 251 Å². The first-order valence-electron chi connectivity index (χ1n) is 13.1. The van der Waals surface area contributed by atoms with Gasteiger partial charge in [0.2, 0.25) is 0 Å². The van der Waals surface area contributed by atoms with Crippen molar-refractivity contribution in [1.82, 2.24) is 0 Å². The van der Waals surface area contributed by atoms with Crippen molar-refractivity contribution in [2.45, 2.75) is 45.4 Å². The van der Waals surface area contributed by atoms with Crippen LogP contribution in [0.4, 0.5) is 0 Å².